The van der Waals surface area contributed by atoms with Crippen molar-refractivity contribution in [2.24, 2.45) is 7.05 Å². The Kier molecular flexibility index (Phi) is 3.63. The molecule has 1 unspecified atom stereocenters. The maximum Gasteiger partial charge on any atom is 0.264 e. The van der Waals surface area contributed by atoms with Crippen LogP contribution < -0.4 is 10.5 Å². The van der Waals surface area contributed by atoms with Gasteiger partial charge >= 0.3 is 0 Å². The molecule has 0 spiro atoms. The highest BCUT2D eigenvalue weighted by molar-refractivity contribution is 5.95. The predicted octanol–water partition coefficient (Wildman–Crippen LogP) is 1.50. The number of rotatable bonds is 2. The number of carbonyl (C=O) groups is 1. The van der Waals surface area contributed by atoms with Gasteiger partial charge in [-0.1, -0.05) is 18.2 Å². The third-order valence-electron chi connectivity index (χ3n) is 4.82. The lowest BCUT2D eigenvalue weighted by Gasteiger charge is -2.35. The Labute approximate surface area is 144 Å². The minimum atomic E-state index is -0.246. The SMILES string of the molecule is CC1CCc2ccccc2N1C(=O)Cn1cnc2c(cnn2C)c1=O. The molecule has 128 valence electrons. The van der Waals surface area contributed by atoms with Crippen LogP contribution in [0, 0.1) is 0 Å². The van der Waals surface area contributed by atoms with Crippen molar-refractivity contribution < 1.29 is 4.79 Å². The third-order valence-corrected chi connectivity index (χ3v) is 4.82. The van der Waals surface area contributed by atoms with Crippen LogP contribution in [0.3, 0.4) is 0 Å². The smallest absolute Gasteiger partial charge is 0.264 e. The third kappa shape index (κ3) is 2.52. The van der Waals surface area contributed by atoms with Gasteiger partial charge in [0.05, 0.1) is 6.20 Å². The zero-order chi connectivity index (χ0) is 17.6. The van der Waals surface area contributed by atoms with Gasteiger partial charge < -0.3 is 4.90 Å². The van der Waals surface area contributed by atoms with Crippen molar-refractivity contribution in [3.63, 3.8) is 0 Å². The maximum absolute atomic E-state index is 13.0. The normalized spacial score (nSPS) is 16.9. The summed E-state index contributed by atoms with van der Waals surface area (Å²) in [5.41, 5.74) is 2.38. The summed E-state index contributed by atoms with van der Waals surface area (Å²) in [6.07, 6.45) is 4.79. The standard InChI is InChI=1S/C18H19N5O2/c1-12-7-8-13-5-3-4-6-15(13)23(12)16(24)10-22-11-19-17-14(18(22)25)9-20-21(17)2/h3-6,9,11-12H,7-8,10H2,1-2H3. The number of para-hydroxylation sites is 1. The molecule has 0 fully saturated rings. The number of nitrogens with zero attached hydrogens (tertiary/aromatic N) is 5. The maximum atomic E-state index is 13.0. The van der Waals surface area contributed by atoms with Crippen LogP contribution >= 0.6 is 0 Å². The molecule has 3 aromatic rings. The average Bonchev–Trinajstić information content (AvgIpc) is 2.99. The second-order valence-corrected chi connectivity index (χ2v) is 6.46. The van der Waals surface area contributed by atoms with Gasteiger partial charge in [-0.05, 0) is 31.4 Å². The Morgan fingerprint density at radius 1 is 1.32 bits per heavy atom. The van der Waals surface area contributed by atoms with Crippen molar-refractivity contribution in [1.29, 1.82) is 0 Å². The summed E-state index contributed by atoms with van der Waals surface area (Å²) in [6, 6.07) is 8.05. The molecule has 1 aliphatic heterocycles. The van der Waals surface area contributed by atoms with Crippen LogP contribution in [0.5, 0.6) is 0 Å². The van der Waals surface area contributed by atoms with Crippen molar-refractivity contribution in [2.45, 2.75) is 32.4 Å². The van der Waals surface area contributed by atoms with Crippen molar-refractivity contribution in [3.05, 3.63) is 52.7 Å². The molecular weight excluding hydrogens is 318 g/mol. The summed E-state index contributed by atoms with van der Waals surface area (Å²) in [5, 5.41) is 4.48. The second kappa shape index (κ2) is 5.84. The van der Waals surface area contributed by atoms with Gasteiger partial charge in [-0.2, -0.15) is 5.10 Å². The van der Waals surface area contributed by atoms with Gasteiger partial charge in [0.25, 0.3) is 5.56 Å². The van der Waals surface area contributed by atoms with E-state index in [4.69, 9.17) is 0 Å². The molecule has 0 radical (unpaired) electrons. The minimum Gasteiger partial charge on any atom is -0.308 e. The van der Waals surface area contributed by atoms with Crippen LogP contribution in [0.2, 0.25) is 0 Å². The number of aryl methyl sites for hydroxylation is 2. The van der Waals surface area contributed by atoms with Crippen molar-refractivity contribution in [3.8, 4) is 0 Å². The fraction of sp³-hybridized carbons (Fsp3) is 0.333. The van der Waals surface area contributed by atoms with E-state index in [2.05, 4.69) is 16.1 Å². The summed E-state index contributed by atoms with van der Waals surface area (Å²) in [7, 11) is 1.73. The molecule has 0 bridgehead atoms. The molecule has 1 aliphatic rings. The first kappa shape index (κ1) is 15.6. The van der Waals surface area contributed by atoms with E-state index >= 15 is 0 Å². The molecule has 4 rings (SSSR count). The van der Waals surface area contributed by atoms with Crippen molar-refractivity contribution >= 4 is 22.6 Å². The van der Waals surface area contributed by atoms with Crippen LogP contribution in [-0.4, -0.2) is 31.3 Å². The molecule has 0 aliphatic carbocycles. The van der Waals surface area contributed by atoms with Crippen molar-refractivity contribution in [1.82, 2.24) is 19.3 Å². The molecule has 1 aromatic carbocycles. The molecule has 1 amide bonds. The fourth-order valence-corrected chi connectivity index (χ4v) is 3.47. The highest BCUT2D eigenvalue weighted by atomic mass is 16.2. The number of amides is 1. The monoisotopic (exact) mass is 337 g/mol. The van der Waals surface area contributed by atoms with Crippen molar-refractivity contribution in [2.75, 3.05) is 4.90 Å². The number of benzene rings is 1. The van der Waals surface area contributed by atoms with Gasteiger partial charge in [0.15, 0.2) is 5.65 Å². The number of anilines is 1. The average molecular weight is 337 g/mol. The number of hydrogen-bond acceptors (Lipinski definition) is 4. The van der Waals surface area contributed by atoms with Gasteiger partial charge in [0, 0.05) is 18.8 Å². The van der Waals surface area contributed by atoms with Gasteiger partial charge in [-0.25, -0.2) is 4.98 Å². The van der Waals surface area contributed by atoms with E-state index in [-0.39, 0.29) is 24.1 Å². The van der Waals surface area contributed by atoms with Crippen LogP contribution in [0.15, 0.2) is 41.6 Å². The lowest BCUT2D eigenvalue weighted by Crippen LogP contribution is -2.44. The van der Waals surface area contributed by atoms with E-state index in [1.54, 1.807) is 16.6 Å². The molecule has 0 saturated carbocycles. The quantitative estimate of drug-likeness (QED) is 0.710. The topological polar surface area (TPSA) is 73.0 Å². The first-order valence-electron chi connectivity index (χ1n) is 8.33. The molecule has 0 saturated heterocycles. The number of hydrogen-bond donors (Lipinski definition) is 0. The fourth-order valence-electron chi connectivity index (χ4n) is 3.47. The second-order valence-electron chi connectivity index (χ2n) is 6.46. The zero-order valence-electron chi connectivity index (χ0n) is 14.2. The summed E-state index contributed by atoms with van der Waals surface area (Å²) in [4.78, 5) is 31.6. The lowest BCUT2D eigenvalue weighted by molar-refractivity contribution is -0.119. The Morgan fingerprint density at radius 3 is 2.96 bits per heavy atom. The van der Waals surface area contributed by atoms with E-state index in [0.29, 0.717) is 11.0 Å². The molecule has 2 aromatic heterocycles. The van der Waals surface area contributed by atoms with Gasteiger partial charge in [0.1, 0.15) is 18.3 Å². The molecule has 7 heteroatoms. The summed E-state index contributed by atoms with van der Waals surface area (Å²) in [5.74, 6) is -0.105. The van der Waals surface area contributed by atoms with E-state index in [0.717, 1.165) is 18.5 Å². The molecule has 25 heavy (non-hydrogen) atoms. The van der Waals surface area contributed by atoms with E-state index < -0.39 is 0 Å². The first-order valence-corrected chi connectivity index (χ1v) is 8.33. The zero-order valence-corrected chi connectivity index (χ0v) is 14.2. The molecular formula is C18H19N5O2. The lowest BCUT2D eigenvalue weighted by atomic mass is 9.96. The van der Waals surface area contributed by atoms with Crippen LogP contribution in [0.1, 0.15) is 18.9 Å². The Hall–Kier alpha value is -2.96. The van der Waals surface area contributed by atoms with Crippen LogP contribution in [0.4, 0.5) is 5.69 Å². The van der Waals surface area contributed by atoms with Crippen LogP contribution in [-0.2, 0) is 24.8 Å². The van der Waals surface area contributed by atoms with Gasteiger partial charge in [-0.3, -0.25) is 18.8 Å². The molecule has 0 N–H and O–H groups in total. The summed E-state index contributed by atoms with van der Waals surface area (Å²) >= 11 is 0. The highest BCUT2D eigenvalue weighted by Gasteiger charge is 2.28. The number of fused-ring (bicyclic) bond motifs is 2. The minimum absolute atomic E-state index is 0.0324. The predicted molar refractivity (Wildman–Crippen MR) is 94.5 cm³/mol. The molecule has 3 heterocycles. The molecule has 7 nitrogen and oxygen atoms in total. The Bertz CT molecular complexity index is 1020. The highest BCUT2D eigenvalue weighted by Crippen LogP contribution is 2.30. The van der Waals surface area contributed by atoms with Gasteiger partial charge in [0.2, 0.25) is 5.91 Å². The Balaban J connectivity index is 1.69. The van der Waals surface area contributed by atoms with Crippen LogP contribution in [0.25, 0.3) is 11.0 Å². The molecule has 1 atom stereocenters. The number of carbonyl (C=O) groups excluding carboxylic acids is 1. The van der Waals surface area contributed by atoms with E-state index in [1.165, 1.54) is 22.7 Å². The first-order chi connectivity index (χ1) is 12.1. The van der Waals surface area contributed by atoms with Gasteiger partial charge in [-0.15, -0.1) is 0 Å². The van der Waals surface area contributed by atoms with E-state index in [9.17, 15) is 9.59 Å². The summed E-state index contributed by atoms with van der Waals surface area (Å²) < 4.78 is 2.90. The number of aromatic nitrogens is 4. The summed E-state index contributed by atoms with van der Waals surface area (Å²) in [6.45, 7) is 2.01. The largest absolute Gasteiger partial charge is 0.308 e. The van der Waals surface area contributed by atoms with E-state index in [1.807, 2.05) is 25.1 Å². The Morgan fingerprint density at radius 2 is 2.12 bits per heavy atom.